The molecule has 0 unspecified atom stereocenters. The first-order valence-electron chi connectivity index (χ1n) is 8.74. The van der Waals surface area contributed by atoms with E-state index in [-0.39, 0.29) is 5.56 Å². The summed E-state index contributed by atoms with van der Waals surface area (Å²) in [6.45, 7) is 2.23. The van der Waals surface area contributed by atoms with E-state index in [1.165, 1.54) is 30.9 Å². The maximum Gasteiger partial charge on any atom is 0.192 e. The lowest BCUT2D eigenvalue weighted by Crippen LogP contribution is -2.12. The summed E-state index contributed by atoms with van der Waals surface area (Å²) in [5.74, 6) is -1.63. The van der Waals surface area contributed by atoms with Gasteiger partial charge in [0, 0.05) is 6.07 Å². The van der Waals surface area contributed by atoms with Gasteiger partial charge in [-0.05, 0) is 48.6 Å². The zero-order valence-corrected chi connectivity index (χ0v) is 14.2. The van der Waals surface area contributed by atoms with Crippen LogP contribution < -0.4 is 0 Å². The fraction of sp³-hybridized carbons (Fsp3) is 0.381. The second kappa shape index (κ2) is 7.23. The van der Waals surface area contributed by atoms with Crippen molar-refractivity contribution >= 4 is 0 Å². The number of rotatable bonds is 3. The second-order valence-electron chi connectivity index (χ2n) is 6.78. The van der Waals surface area contributed by atoms with Crippen molar-refractivity contribution in [3.63, 3.8) is 0 Å². The molecule has 129 valence electrons. The fourth-order valence-electron chi connectivity index (χ4n) is 3.79. The highest BCUT2D eigenvalue weighted by Gasteiger charge is 2.23. The van der Waals surface area contributed by atoms with Gasteiger partial charge >= 0.3 is 0 Å². The third-order valence-electron chi connectivity index (χ3n) is 5.39. The lowest BCUT2D eigenvalue weighted by atomic mass is 9.77. The van der Waals surface area contributed by atoms with E-state index < -0.39 is 22.9 Å². The Morgan fingerprint density at radius 1 is 1.12 bits per heavy atom. The van der Waals surface area contributed by atoms with Crippen LogP contribution >= 0.6 is 0 Å². The molecule has 0 aromatic heterocycles. The lowest BCUT2D eigenvalue weighted by molar-refractivity contribution is 0.319. The molecule has 0 aliphatic heterocycles. The summed E-state index contributed by atoms with van der Waals surface area (Å²) in [6.07, 6.45) is 5.97. The molecule has 0 N–H and O–H groups in total. The van der Waals surface area contributed by atoms with Crippen LogP contribution in [0.4, 0.5) is 8.78 Å². The predicted octanol–water partition coefficient (Wildman–Crippen LogP) is 6.33. The lowest BCUT2D eigenvalue weighted by Gasteiger charge is -2.28. The zero-order chi connectivity index (χ0) is 18.0. The van der Waals surface area contributed by atoms with Crippen molar-refractivity contribution in [1.82, 2.24) is 0 Å². The van der Waals surface area contributed by atoms with E-state index >= 15 is 0 Å². The monoisotopic (exact) mass is 340 g/mol. The van der Waals surface area contributed by atoms with Gasteiger partial charge in [-0.3, -0.25) is 5.11 Å². The van der Waals surface area contributed by atoms with Crippen molar-refractivity contribution in [2.45, 2.75) is 44.9 Å². The van der Waals surface area contributed by atoms with Gasteiger partial charge in [0.2, 0.25) is 0 Å². The summed E-state index contributed by atoms with van der Waals surface area (Å²) in [5, 5.41) is 20.9. The summed E-state index contributed by atoms with van der Waals surface area (Å²) in [6, 6.07) is 9.39. The predicted molar refractivity (Wildman–Crippen MR) is 91.6 cm³/mol. The van der Waals surface area contributed by atoms with Crippen LogP contribution in [-0.4, -0.2) is 0 Å². The number of nitriles is 1. The molecule has 0 spiro atoms. The van der Waals surface area contributed by atoms with Crippen LogP contribution in [0.25, 0.3) is 11.1 Å². The van der Waals surface area contributed by atoms with Gasteiger partial charge in [0.1, 0.15) is 17.4 Å². The highest BCUT2D eigenvalue weighted by molar-refractivity contribution is 5.73. The Balaban J connectivity index is 1.88. The summed E-state index contributed by atoms with van der Waals surface area (Å²) in [4.78, 5) is 0. The molecule has 0 heterocycles. The van der Waals surface area contributed by atoms with Crippen LogP contribution in [0.3, 0.4) is 0 Å². The van der Waals surface area contributed by atoms with Crippen LogP contribution in [0.2, 0.25) is 0 Å². The van der Waals surface area contributed by atoms with Gasteiger partial charge in [-0.1, -0.05) is 37.6 Å². The van der Waals surface area contributed by atoms with Gasteiger partial charge in [0.25, 0.3) is 0 Å². The van der Waals surface area contributed by atoms with Crippen LogP contribution in [0.5, 0.6) is 5.75 Å². The minimum Gasteiger partial charge on any atom is -0.289 e. The van der Waals surface area contributed by atoms with Gasteiger partial charge in [0.15, 0.2) is 11.6 Å². The topological polar surface area (TPSA) is 43.7 Å². The Morgan fingerprint density at radius 3 is 2.32 bits per heavy atom. The van der Waals surface area contributed by atoms with Gasteiger partial charge in [-0.2, -0.15) is 5.26 Å². The summed E-state index contributed by atoms with van der Waals surface area (Å²) in [7, 11) is 0. The minimum atomic E-state index is -1.11. The molecule has 1 radical (unpaired) electrons. The van der Waals surface area contributed by atoms with Crippen LogP contribution in [0.1, 0.15) is 56.1 Å². The van der Waals surface area contributed by atoms with E-state index in [9.17, 15) is 13.9 Å². The van der Waals surface area contributed by atoms with E-state index in [1.54, 1.807) is 12.1 Å². The SMILES string of the molecule is CC[C@H]1CC[C@H](c2ccc(-c3c([O])cc(F)c(C#N)c3F)cc2)CC1. The van der Waals surface area contributed by atoms with Gasteiger partial charge in [-0.15, -0.1) is 0 Å². The first kappa shape index (κ1) is 17.4. The van der Waals surface area contributed by atoms with E-state index in [1.807, 2.05) is 12.1 Å². The molecular weight excluding hydrogens is 320 g/mol. The van der Waals surface area contributed by atoms with Crippen molar-refractivity contribution in [2.24, 2.45) is 5.92 Å². The first-order valence-corrected chi connectivity index (χ1v) is 8.74. The number of hydrogen-bond acceptors (Lipinski definition) is 1. The molecule has 4 heteroatoms. The van der Waals surface area contributed by atoms with Crippen LogP contribution in [-0.2, 0) is 5.11 Å². The van der Waals surface area contributed by atoms with Gasteiger partial charge in [0.05, 0.1) is 5.56 Å². The largest absolute Gasteiger partial charge is 0.289 e. The molecular formula is C21H20F2NO. The smallest absolute Gasteiger partial charge is 0.192 e. The van der Waals surface area contributed by atoms with Gasteiger partial charge in [-0.25, -0.2) is 8.78 Å². The highest BCUT2D eigenvalue weighted by atomic mass is 19.1. The molecule has 0 saturated heterocycles. The molecule has 1 aliphatic rings. The molecule has 25 heavy (non-hydrogen) atoms. The first-order chi connectivity index (χ1) is 12.0. The average molecular weight is 340 g/mol. The fourth-order valence-corrected chi connectivity index (χ4v) is 3.79. The van der Waals surface area contributed by atoms with Gasteiger partial charge < -0.3 is 0 Å². The Kier molecular flexibility index (Phi) is 5.03. The quantitative estimate of drug-likeness (QED) is 0.643. The Morgan fingerprint density at radius 2 is 1.76 bits per heavy atom. The molecule has 0 amide bonds. The van der Waals surface area contributed by atoms with E-state index in [2.05, 4.69) is 6.92 Å². The zero-order valence-electron chi connectivity index (χ0n) is 14.2. The molecule has 2 aromatic rings. The third-order valence-corrected chi connectivity index (χ3v) is 5.39. The summed E-state index contributed by atoms with van der Waals surface area (Å²) < 4.78 is 27.9. The van der Waals surface area contributed by atoms with E-state index in [0.29, 0.717) is 17.5 Å². The standard InChI is InChI=1S/C21H20F2NO/c1-2-13-3-5-14(6-4-13)15-7-9-16(10-8-15)20-19(25)11-18(22)17(12-24)21(20)23/h7-11,13-14H,2-6H2,1H3/t13-,14-. The highest BCUT2D eigenvalue weighted by Crippen LogP contribution is 2.39. The molecule has 0 atom stereocenters. The Hall–Kier alpha value is -2.41. The summed E-state index contributed by atoms with van der Waals surface area (Å²) in [5.41, 5.74) is 0.620. The van der Waals surface area contributed by atoms with Crippen molar-refractivity contribution in [1.29, 1.82) is 5.26 Å². The van der Waals surface area contributed by atoms with Crippen LogP contribution in [0, 0.1) is 28.9 Å². The third kappa shape index (κ3) is 3.37. The molecule has 1 fully saturated rings. The molecule has 1 aliphatic carbocycles. The van der Waals surface area contributed by atoms with Crippen molar-refractivity contribution in [2.75, 3.05) is 0 Å². The minimum absolute atomic E-state index is 0.237. The molecule has 2 aromatic carbocycles. The van der Waals surface area contributed by atoms with E-state index in [0.717, 1.165) is 18.8 Å². The molecule has 0 bridgehead atoms. The number of nitrogens with zero attached hydrogens (tertiary/aromatic N) is 1. The Labute approximate surface area is 146 Å². The summed E-state index contributed by atoms with van der Waals surface area (Å²) >= 11 is 0. The number of hydrogen-bond donors (Lipinski definition) is 0. The normalized spacial score (nSPS) is 20.2. The van der Waals surface area contributed by atoms with Crippen molar-refractivity contribution in [3.05, 3.63) is 53.1 Å². The molecule has 2 nitrogen and oxygen atoms in total. The number of benzene rings is 2. The maximum absolute atomic E-state index is 14.4. The Bertz CT molecular complexity index is 800. The van der Waals surface area contributed by atoms with Crippen molar-refractivity contribution in [3.8, 4) is 22.9 Å². The maximum atomic E-state index is 14.4. The second-order valence-corrected chi connectivity index (χ2v) is 6.78. The average Bonchev–Trinajstić information content (AvgIpc) is 2.62. The number of halogens is 2. The van der Waals surface area contributed by atoms with E-state index in [4.69, 9.17) is 5.26 Å². The van der Waals surface area contributed by atoms with Crippen LogP contribution in [0.15, 0.2) is 30.3 Å². The molecule has 3 rings (SSSR count). The van der Waals surface area contributed by atoms with Crippen molar-refractivity contribution < 1.29 is 13.9 Å². The molecule has 1 saturated carbocycles.